The quantitative estimate of drug-likeness (QED) is 0.871. The minimum atomic E-state index is -4.55. The number of thioether (sulfide) groups is 1. The summed E-state index contributed by atoms with van der Waals surface area (Å²) < 4.78 is 37.5. The van der Waals surface area contributed by atoms with Crippen molar-refractivity contribution in [3.63, 3.8) is 0 Å². The molecule has 0 aliphatic heterocycles. The molecule has 1 unspecified atom stereocenters. The molecule has 0 aliphatic rings. The standard InChI is InChI=1S/C12H14F3NO2S/c1-7(19-2)6-16-10-4-3-8(12(13,14)15)5-9(10)11(17)18/h3-5,7,16H,6H2,1-2H3,(H,17,18). The molecule has 0 radical (unpaired) electrons. The molecule has 3 nitrogen and oxygen atoms in total. The number of hydrogen-bond acceptors (Lipinski definition) is 3. The van der Waals surface area contributed by atoms with Crippen molar-refractivity contribution in [3.05, 3.63) is 29.3 Å². The maximum atomic E-state index is 12.5. The number of alkyl halides is 3. The molecule has 1 rings (SSSR count). The third-order valence-electron chi connectivity index (χ3n) is 2.56. The Morgan fingerprint density at radius 2 is 2.11 bits per heavy atom. The summed E-state index contributed by atoms with van der Waals surface area (Å²) in [5, 5.41) is 12.0. The predicted octanol–water partition coefficient (Wildman–Crippen LogP) is 3.57. The van der Waals surface area contributed by atoms with E-state index in [2.05, 4.69) is 5.32 Å². The van der Waals surface area contributed by atoms with Gasteiger partial charge in [0.05, 0.1) is 11.1 Å². The van der Waals surface area contributed by atoms with E-state index in [4.69, 9.17) is 5.11 Å². The average molecular weight is 293 g/mol. The van der Waals surface area contributed by atoms with Crippen molar-refractivity contribution in [1.29, 1.82) is 0 Å². The molecule has 1 aromatic rings. The molecule has 7 heteroatoms. The van der Waals surface area contributed by atoms with E-state index in [9.17, 15) is 18.0 Å². The Bertz CT molecular complexity index is 463. The summed E-state index contributed by atoms with van der Waals surface area (Å²) in [6, 6.07) is 2.67. The van der Waals surface area contributed by atoms with Gasteiger partial charge in [-0.1, -0.05) is 6.92 Å². The predicted molar refractivity (Wildman–Crippen MR) is 69.9 cm³/mol. The Labute approximate surface area is 113 Å². The third-order valence-corrected chi connectivity index (χ3v) is 3.53. The van der Waals surface area contributed by atoms with Gasteiger partial charge in [0.15, 0.2) is 0 Å². The second kappa shape index (κ2) is 6.18. The molecule has 0 aliphatic carbocycles. The fraction of sp³-hybridized carbons (Fsp3) is 0.417. The smallest absolute Gasteiger partial charge is 0.416 e. The van der Waals surface area contributed by atoms with E-state index in [1.165, 1.54) is 0 Å². The van der Waals surface area contributed by atoms with Crippen LogP contribution in [0.5, 0.6) is 0 Å². The summed E-state index contributed by atoms with van der Waals surface area (Å²) in [4.78, 5) is 11.0. The van der Waals surface area contributed by atoms with Crippen LogP contribution in [-0.4, -0.2) is 29.1 Å². The van der Waals surface area contributed by atoms with Crippen LogP contribution in [0.15, 0.2) is 18.2 Å². The monoisotopic (exact) mass is 293 g/mol. The third kappa shape index (κ3) is 4.34. The van der Waals surface area contributed by atoms with Gasteiger partial charge in [-0.3, -0.25) is 0 Å². The second-order valence-electron chi connectivity index (χ2n) is 3.99. The van der Waals surface area contributed by atoms with Crippen molar-refractivity contribution in [2.24, 2.45) is 0 Å². The Balaban J connectivity index is 3.02. The van der Waals surface area contributed by atoms with E-state index in [-0.39, 0.29) is 16.5 Å². The zero-order valence-corrected chi connectivity index (χ0v) is 11.2. The molecule has 19 heavy (non-hydrogen) atoms. The lowest BCUT2D eigenvalue weighted by Crippen LogP contribution is -2.16. The molecule has 0 amide bonds. The maximum absolute atomic E-state index is 12.5. The first-order valence-corrected chi connectivity index (χ1v) is 6.75. The summed E-state index contributed by atoms with van der Waals surface area (Å²) in [6.45, 7) is 2.41. The highest BCUT2D eigenvalue weighted by Crippen LogP contribution is 2.32. The van der Waals surface area contributed by atoms with Crippen LogP contribution in [0, 0.1) is 0 Å². The van der Waals surface area contributed by atoms with E-state index in [0.29, 0.717) is 12.6 Å². The molecule has 0 fully saturated rings. The normalized spacial score (nSPS) is 13.1. The van der Waals surface area contributed by atoms with E-state index in [1.54, 1.807) is 11.8 Å². The molecule has 0 spiro atoms. The van der Waals surface area contributed by atoms with Crippen LogP contribution in [0.4, 0.5) is 18.9 Å². The average Bonchev–Trinajstić information content (AvgIpc) is 2.34. The molecular weight excluding hydrogens is 279 g/mol. The van der Waals surface area contributed by atoms with E-state index in [0.717, 1.165) is 12.1 Å². The zero-order chi connectivity index (χ0) is 14.6. The van der Waals surface area contributed by atoms with Crippen LogP contribution in [0.2, 0.25) is 0 Å². The van der Waals surface area contributed by atoms with Gasteiger partial charge in [-0.15, -0.1) is 0 Å². The van der Waals surface area contributed by atoms with Crippen molar-refractivity contribution in [3.8, 4) is 0 Å². The topological polar surface area (TPSA) is 49.3 Å². The van der Waals surface area contributed by atoms with Crippen molar-refractivity contribution in [2.75, 3.05) is 18.1 Å². The molecule has 0 saturated carbocycles. The number of anilines is 1. The van der Waals surface area contributed by atoms with Crippen molar-refractivity contribution in [2.45, 2.75) is 18.3 Å². The van der Waals surface area contributed by atoms with Crippen LogP contribution >= 0.6 is 11.8 Å². The molecule has 106 valence electrons. The van der Waals surface area contributed by atoms with Gasteiger partial charge in [0, 0.05) is 17.5 Å². The number of carbonyl (C=O) groups is 1. The fourth-order valence-corrected chi connectivity index (χ4v) is 1.64. The minimum Gasteiger partial charge on any atom is -0.478 e. The summed E-state index contributed by atoms with van der Waals surface area (Å²) in [7, 11) is 0. The van der Waals surface area contributed by atoms with Gasteiger partial charge in [-0.05, 0) is 24.5 Å². The Morgan fingerprint density at radius 1 is 1.47 bits per heavy atom. The van der Waals surface area contributed by atoms with Gasteiger partial charge in [0.1, 0.15) is 0 Å². The van der Waals surface area contributed by atoms with Gasteiger partial charge < -0.3 is 10.4 Å². The van der Waals surface area contributed by atoms with Gasteiger partial charge in [-0.25, -0.2) is 4.79 Å². The SMILES string of the molecule is CSC(C)CNc1ccc(C(F)(F)F)cc1C(=O)O. The summed E-state index contributed by atoms with van der Waals surface area (Å²) in [6.07, 6.45) is -2.65. The zero-order valence-electron chi connectivity index (χ0n) is 10.4. The minimum absolute atomic E-state index is 0.196. The van der Waals surface area contributed by atoms with E-state index in [1.807, 2.05) is 13.2 Å². The fourth-order valence-electron chi connectivity index (χ4n) is 1.39. The number of benzene rings is 1. The highest BCUT2D eigenvalue weighted by molar-refractivity contribution is 7.99. The first-order chi connectivity index (χ1) is 8.75. The maximum Gasteiger partial charge on any atom is 0.416 e. The number of hydrogen-bond donors (Lipinski definition) is 2. The number of halogens is 3. The van der Waals surface area contributed by atoms with Crippen molar-refractivity contribution in [1.82, 2.24) is 0 Å². The van der Waals surface area contributed by atoms with Crippen LogP contribution in [0.25, 0.3) is 0 Å². The van der Waals surface area contributed by atoms with Crippen molar-refractivity contribution >= 4 is 23.4 Å². The van der Waals surface area contributed by atoms with Crippen LogP contribution in [0.1, 0.15) is 22.8 Å². The lowest BCUT2D eigenvalue weighted by atomic mass is 10.1. The van der Waals surface area contributed by atoms with Gasteiger partial charge in [0.25, 0.3) is 0 Å². The molecule has 2 N–H and O–H groups in total. The van der Waals surface area contributed by atoms with Gasteiger partial charge in [0.2, 0.25) is 0 Å². The largest absolute Gasteiger partial charge is 0.478 e. The highest BCUT2D eigenvalue weighted by atomic mass is 32.2. The number of carboxylic acids is 1. The molecule has 1 aromatic carbocycles. The van der Waals surface area contributed by atoms with Gasteiger partial charge >= 0.3 is 12.1 Å². The van der Waals surface area contributed by atoms with Crippen LogP contribution < -0.4 is 5.32 Å². The number of carboxylic acid groups (broad SMARTS) is 1. The Kier molecular flexibility index (Phi) is 5.11. The molecule has 0 saturated heterocycles. The highest BCUT2D eigenvalue weighted by Gasteiger charge is 2.31. The Hall–Kier alpha value is -1.37. The summed E-state index contributed by atoms with van der Waals surface area (Å²) in [5.74, 6) is -1.38. The first kappa shape index (κ1) is 15.7. The van der Waals surface area contributed by atoms with E-state index >= 15 is 0 Å². The lowest BCUT2D eigenvalue weighted by molar-refractivity contribution is -0.137. The second-order valence-corrected chi connectivity index (χ2v) is 5.27. The molecule has 1 atom stereocenters. The molecule has 0 aromatic heterocycles. The molecule has 0 bridgehead atoms. The number of nitrogens with one attached hydrogen (secondary N) is 1. The van der Waals surface area contributed by atoms with Gasteiger partial charge in [-0.2, -0.15) is 24.9 Å². The Morgan fingerprint density at radius 3 is 2.58 bits per heavy atom. The molecule has 0 heterocycles. The number of aromatic carboxylic acids is 1. The summed E-state index contributed by atoms with van der Waals surface area (Å²) in [5.41, 5.74) is -1.14. The van der Waals surface area contributed by atoms with Crippen LogP contribution in [0.3, 0.4) is 0 Å². The lowest BCUT2D eigenvalue weighted by Gasteiger charge is -2.15. The van der Waals surface area contributed by atoms with E-state index < -0.39 is 17.7 Å². The molecular formula is C12H14F3NO2S. The van der Waals surface area contributed by atoms with Crippen molar-refractivity contribution < 1.29 is 23.1 Å². The first-order valence-electron chi connectivity index (χ1n) is 5.47. The van der Waals surface area contributed by atoms with Crippen LogP contribution in [-0.2, 0) is 6.18 Å². The summed E-state index contributed by atoms with van der Waals surface area (Å²) >= 11 is 1.58. The number of rotatable bonds is 5.